The van der Waals surface area contributed by atoms with E-state index in [1.54, 1.807) is 7.11 Å². The van der Waals surface area contributed by atoms with Crippen LogP contribution in [0.5, 0.6) is 5.75 Å². The van der Waals surface area contributed by atoms with Crippen molar-refractivity contribution in [1.82, 2.24) is 10.2 Å². The second kappa shape index (κ2) is 6.91. The van der Waals surface area contributed by atoms with Crippen LogP contribution in [0.15, 0.2) is 11.4 Å². The lowest BCUT2D eigenvalue weighted by atomic mass is 9.99. The molecule has 1 aliphatic heterocycles. The van der Waals surface area contributed by atoms with Crippen LogP contribution in [0.1, 0.15) is 35.4 Å². The average molecular weight is 282 g/mol. The van der Waals surface area contributed by atoms with Crippen molar-refractivity contribution in [3.05, 3.63) is 16.3 Å². The van der Waals surface area contributed by atoms with Gasteiger partial charge < -0.3 is 15.0 Å². The van der Waals surface area contributed by atoms with E-state index in [1.165, 1.54) is 17.8 Å². The molecule has 1 amide bonds. The summed E-state index contributed by atoms with van der Waals surface area (Å²) in [4.78, 5) is 15.4. The Morgan fingerprint density at radius 1 is 1.58 bits per heavy atom. The van der Waals surface area contributed by atoms with Crippen molar-refractivity contribution >= 4 is 17.2 Å². The molecule has 5 heteroatoms. The summed E-state index contributed by atoms with van der Waals surface area (Å²) in [5.74, 6) is 0.834. The quantitative estimate of drug-likeness (QED) is 0.901. The smallest absolute Gasteiger partial charge is 0.267 e. The van der Waals surface area contributed by atoms with E-state index in [-0.39, 0.29) is 5.91 Å². The first-order valence-corrected chi connectivity index (χ1v) is 7.73. The molecule has 2 heterocycles. The third-order valence-electron chi connectivity index (χ3n) is 3.66. The molecule has 1 N–H and O–H groups in total. The molecular formula is C14H22N2O2S. The van der Waals surface area contributed by atoms with E-state index in [1.807, 2.05) is 23.4 Å². The fourth-order valence-electron chi connectivity index (χ4n) is 2.62. The highest BCUT2D eigenvalue weighted by molar-refractivity contribution is 7.12. The topological polar surface area (TPSA) is 41.6 Å². The molecule has 2 rings (SSSR count). The van der Waals surface area contributed by atoms with Crippen LogP contribution in [-0.2, 0) is 0 Å². The molecule has 19 heavy (non-hydrogen) atoms. The number of thiophene rings is 1. The van der Waals surface area contributed by atoms with E-state index in [2.05, 4.69) is 5.32 Å². The predicted octanol–water partition coefficient (Wildman–Crippen LogP) is 2.36. The number of methoxy groups -OCH3 is 1. The molecular weight excluding hydrogens is 260 g/mol. The van der Waals surface area contributed by atoms with Gasteiger partial charge in [0, 0.05) is 12.6 Å². The molecule has 1 aromatic rings. The fourth-order valence-corrected chi connectivity index (χ4v) is 3.44. The second-order valence-corrected chi connectivity index (χ2v) is 5.77. The molecule has 0 aromatic carbocycles. The minimum atomic E-state index is 0.132. The molecule has 1 unspecified atom stereocenters. The Morgan fingerprint density at radius 3 is 3.16 bits per heavy atom. The number of rotatable bonds is 5. The summed E-state index contributed by atoms with van der Waals surface area (Å²) in [7, 11) is 3.57. The first-order chi connectivity index (χ1) is 9.27. The van der Waals surface area contributed by atoms with Crippen LogP contribution in [0.3, 0.4) is 0 Å². The van der Waals surface area contributed by atoms with Gasteiger partial charge in [-0.15, -0.1) is 11.3 Å². The zero-order valence-electron chi connectivity index (χ0n) is 11.6. The highest BCUT2D eigenvalue weighted by Crippen LogP contribution is 2.29. The van der Waals surface area contributed by atoms with E-state index < -0.39 is 0 Å². The molecule has 0 spiro atoms. The van der Waals surface area contributed by atoms with Crippen molar-refractivity contribution in [2.45, 2.75) is 31.7 Å². The number of carbonyl (C=O) groups excluding carboxylic acids is 1. The first kappa shape index (κ1) is 14.3. The normalized spacial score (nSPS) is 19.5. The maximum Gasteiger partial charge on any atom is 0.267 e. The van der Waals surface area contributed by atoms with Crippen LogP contribution in [0.2, 0.25) is 0 Å². The lowest BCUT2D eigenvalue weighted by molar-refractivity contribution is 0.0604. The molecule has 1 aliphatic rings. The standard InChI is InChI=1S/C14H22N2O2S/c1-15-8-6-11-5-3-4-9-16(11)14(17)13-12(18-2)7-10-19-13/h7,10-11,15H,3-6,8-9H2,1-2H3. The highest BCUT2D eigenvalue weighted by Gasteiger charge is 2.29. The van der Waals surface area contributed by atoms with Crippen LogP contribution < -0.4 is 10.1 Å². The van der Waals surface area contributed by atoms with E-state index in [9.17, 15) is 4.79 Å². The third-order valence-corrected chi connectivity index (χ3v) is 4.54. The van der Waals surface area contributed by atoms with Gasteiger partial charge in [-0.1, -0.05) is 0 Å². The number of piperidine rings is 1. The second-order valence-electron chi connectivity index (χ2n) is 4.86. The highest BCUT2D eigenvalue weighted by atomic mass is 32.1. The number of amides is 1. The summed E-state index contributed by atoms with van der Waals surface area (Å²) < 4.78 is 5.26. The molecule has 0 aliphatic carbocycles. The molecule has 1 fully saturated rings. The lowest BCUT2D eigenvalue weighted by Crippen LogP contribution is -2.44. The van der Waals surface area contributed by atoms with Crippen molar-refractivity contribution < 1.29 is 9.53 Å². The van der Waals surface area contributed by atoms with Crippen molar-refractivity contribution in [2.75, 3.05) is 27.2 Å². The van der Waals surface area contributed by atoms with E-state index in [0.717, 1.165) is 37.2 Å². The summed E-state index contributed by atoms with van der Waals surface area (Å²) in [6.45, 7) is 1.82. The molecule has 106 valence electrons. The van der Waals surface area contributed by atoms with Gasteiger partial charge in [-0.05, 0) is 50.7 Å². The maximum absolute atomic E-state index is 12.7. The van der Waals surface area contributed by atoms with Crippen LogP contribution in [0.25, 0.3) is 0 Å². The molecule has 0 radical (unpaired) electrons. The molecule has 0 bridgehead atoms. The number of hydrogen-bond acceptors (Lipinski definition) is 4. The van der Waals surface area contributed by atoms with Gasteiger partial charge in [0.2, 0.25) is 0 Å². The van der Waals surface area contributed by atoms with Gasteiger partial charge in [-0.3, -0.25) is 4.79 Å². The third kappa shape index (κ3) is 3.28. The Hall–Kier alpha value is -1.07. The van der Waals surface area contributed by atoms with Crippen molar-refractivity contribution in [3.63, 3.8) is 0 Å². The monoisotopic (exact) mass is 282 g/mol. The summed E-state index contributed by atoms with van der Waals surface area (Å²) in [6, 6.07) is 2.23. The first-order valence-electron chi connectivity index (χ1n) is 6.85. The van der Waals surface area contributed by atoms with E-state index >= 15 is 0 Å². The minimum Gasteiger partial charge on any atom is -0.495 e. The van der Waals surface area contributed by atoms with E-state index in [4.69, 9.17) is 4.74 Å². The van der Waals surface area contributed by atoms with Crippen LogP contribution in [0, 0.1) is 0 Å². The van der Waals surface area contributed by atoms with Crippen LogP contribution in [-0.4, -0.2) is 44.1 Å². The Bertz CT molecular complexity index is 419. The summed E-state index contributed by atoms with van der Waals surface area (Å²) in [5, 5.41) is 5.09. The summed E-state index contributed by atoms with van der Waals surface area (Å²) in [5.41, 5.74) is 0. The van der Waals surface area contributed by atoms with Gasteiger partial charge in [0.05, 0.1) is 7.11 Å². The van der Waals surface area contributed by atoms with Gasteiger partial charge in [0.15, 0.2) is 0 Å². The zero-order valence-corrected chi connectivity index (χ0v) is 12.5. The molecule has 0 saturated carbocycles. The molecule has 1 saturated heterocycles. The Morgan fingerprint density at radius 2 is 2.42 bits per heavy atom. The van der Waals surface area contributed by atoms with E-state index in [0.29, 0.717) is 11.8 Å². The Labute approximate surface area is 118 Å². The van der Waals surface area contributed by atoms with Crippen molar-refractivity contribution in [2.24, 2.45) is 0 Å². The Kier molecular flexibility index (Phi) is 5.22. The van der Waals surface area contributed by atoms with Gasteiger partial charge in [-0.25, -0.2) is 0 Å². The van der Waals surface area contributed by atoms with Gasteiger partial charge in [-0.2, -0.15) is 0 Å². The number of hydrogen-bond donors (Lipinski definition) is 1. The fraction of sp³-hybridized carbons (Fsp3) is 0.643. The minimum absolute atomic E-state index is 0.132. The predicted molar refractivity (Wildman–Crippen MR) is 78.1 cm³/mol. The molecule has 1 atom stereocenters. The summed E-state index contributed by atoms with van der Waals surface area (Å²) >= 11 is 1.47. The number of ether oxygens (including phenoxy) is 1. The lowest BCUT2D eigenvalue weighted by Gasteiger charge is -2.35. The zero-order chi connectivity index (χ0) is 13.7. The van der Waals surface area contributed by atoms with Crippen molar-refractivity contribution in [1.29, 1.82) is 0 Å². The van der Waals surface area contributed by atoms with Crippen molar-refractivity contribution in [3.8, 4) is 5.75 Å². The number of likely N-dealkylation sites (tertiary alicyclic amines) is 1. The van der Waals surface area contributed by atoms with Gasteiger partial charge >= 0.3 is 0 Å². The molecule has 1 aromatic heterocycles. The maximum atomic E-state index is 12.7. The Balaban J connectivity index is 2.10. The average Bonchev–Trinajstić information content (AvgIpc) is 2.93. The van der Waals surface area contributed by atoms with Crippen LogP contribution in [0.4, 0.5) is 0 Å². The largest absolute Gasteiger partial charge is 0.495 e. The number of nitrogens with one attached hydrogen (secondary N) is 1. The molecule has 4 nitrogen and oxygen atoms in total. The van der Waals surface area contributed by atoms with Crippen LogP contribution >= 0.6 is 11.3 Å². The van der Waals surface area contributed by atoms with Gasteiger partial charge in [0.25, 0.3) is 5.91 Å². The van der Waals surface area contributed by atoms with Gasteiger partial charge in [0.1, 0.15) is 10.6 Å². The summed E-state index contributed by atoms with van der Waals surface area (Å²) in [6.07, 6.45) is 4.46. The number of nitrogens with zero attached hydrogens (tertiary/aromatic N) is 1. The SMILES string of the molecule is CNCCC1CCCCN1C(=O)c1sccc1OC. The number of carbonyl (C=O) groups is 1.